The zero-order valence-electron chi connectivity index (χ0n) is 17.9. The largest absolute Gasteiger partial charge is 0.366 e. The number of carbonyl (C=O) groups is 2. The predicted molar refractivity (Wildman–Crippen MR) is 128 cm³/mol. The summed E-state index contributed by atoms with van der Waals surface area (Å²) < 4.78 is 0. The lowest BCUT2D eigenvalue weighted by Gasteiger charge is -2.12. The molecule has 7 nitrogen and oxygen atoms in total. The zero-order chi connectivity index (χ0) is 22.6. The molecule has 0 radical (unpaired) electrons. The van der Waals surface area contributed by atoms with Crippen LogP contribution in [0.4, 0.5) is 11.5 Å². The van der Waals surface area contributed by atoms with Crippen molar-refractivity contribution in [2.45, 2.75) is 25.4 Å². The summed E-state index contributed by atoms with van der Waals surface area (Å²) in [5, 5.41) is 10.1. The van der Waals surface area contributed by atoms with Gasteiger partial charge >= 0.3 is 0 Å². The van der Waals surface area contributed by atoms with Crippen LogP contribution in [-0.4, -0.2) is 27.8 Å². The highest BCUT2D eigenvalue weighted by atomic mass is 16.2. The number of hydrogen-bond donors (Lipinski definition) is 3. The smallest absolute Gasteiger partial charge is 0.255 e. The standard InChI is InChI=1S/C26H23N5O2/c32-25(18-10-12-27-13-11-18)30-20-5-3-4-17(14-20)16-28-24-15-22(26(33)29-19-8-9-19)21-6-1-2-7-23(21)31-24/h1-7,10-15,19H,8-9,16H2,(H,28,31)(H,29,33)(H,30,32). The van der Waals surface area contributed by atoms with Crippen molar-refractivity contribution in [1.82, 2.24) is 15.3 Å². The average Bonchev–Trinajstić information content (AvgIpc) is 3.67. The minimum absolute atomic E-state index is 0.0695. The third kappa shape index (κ3) is 4.98. The Bertz CT molecular complexity index is 1320. The van der Waals surface area contributed by atoms with E-state index in [-0.39, 0.29) is 17.9 Å². The normalized spacial score (nSPS) is 12.8. The highest BCUT2D eigenvalue weighted by Gasteiger charge is 2.25. The van der Waals surface area contributed by atoms with E-state index in [1.165, 1.54) is 0 Å². The number of pyridine rings is 2. The van der Waals surface area contributed by atoms with E-state index in [2.05, 4.69) is 25.9 Å². The van der Waals surface area contributed by atoms with Gasteiger partial charge in [-0.2, -0.15) is 0 Å². The van der Waals surface area contributed by atoms with E-state index < -0.39 is 0 Å². The number of para-hydroxylation sites is 1. The number of anilines is 2. The molecule has 33 heavy (non-hydrogen) atoms. The first kappa shape index (κ1) is 20.6. The van der Waals surface area contributed by atoms with Gasteiger partial charge in [0, 0.05) is 41.6 Å². The maximum absolute atomic E-state index is 12.8. The van der Waals surface area contributed by atoms with Crippen LogP contribution in [0.15, 0.2) is 79.1 Å². The number of nitrogens with one attached hydrogen (secondary N) is 3. The minimum atomic E-state index is -0.190. The Hall–Kier alpha value is -4.26. The van der Waals surface area contributed by atoms with E-state index in [0.717, 1.165) is 29.3 Å². The number of carbonyl (C=O) groups excluding carboxylic acids is 2. The summed E-state index contributed by atoms with van der Waals surface area (Å²) in [4.78, 5) is 33.8. The molecule has 1 aliphatic rings. The average molecular weight is 438 g/mol. The molecule has 4 aromatic rings. The Morgan fingerprint density at radius 3 is 2.55 bits per heavy atom. The summed E-state index contributed by atoms with van der Waals surface area (Å²) in [7, 11) is 0. The van der Waals surface area contributed by atoms with Crippen molar-refractivity contribution in [3.05, 3.63) is 95.8 Å². The molecule has 2 heterocycles. The number of aromatic nitrogens is 2. The van der Waals surface area contributed by atoms with Crippen LogP contribution in [0.2, 0.25) is 0 Å². The van der Waals surface area contributed by atoms with Crippen LogP contribution >= 0.6 is 0 Å². The number of rotatable bonds is 7. The van der Waals surface area contributed by atoms with Gasteiger partial charge in [-0.25, -0.2) is 4.98 Å². The number of hydrogen-bond acceptors (Lipinski definition) is 5. The van der Waals surface area contributed by atoms with Crippen LogP contribution in [0.3, 0.4) is 0 Å². The Kier molecular flexibility index (Phi) is 5.68. The molecule has 2 aromatic heterocycles. The Labute approximate surface area is 191 Å². The first-order valence-corrected chi connectivity index (χ1v) is 10.9. The molecule has 0 saturated heterocycles. The van der Waals surface area contributed by atoms with Gasteiger partial charge in [-0.1, -0.05) is 30.3 Å². The topological polar surface area (TPSA) is 96.0 Å². The third-order valence-corrected chi connectivity index (χ3v) is 5.47. The maximum Gasteiger partial charge on any atom is 0.255 e. The molecule has 2 aromatic carbocycles. The zero-order valence-corrected chi connectivity index (χ0v) is 17.9. The van der Waals surface area contributed by atoms with Gasteiger partial charge in [-0.05, 0) is 54.8 Å². The molecule has 0 bridgehead atoms. The summed E-state index contributed by atoms with van der Waals surface area (Å²) in [6.45, 7) is 0.494. The lowest BCUT2D eigenvalue weighted by Crippen LogP contribution is -2.25. The molecule has 0 spiro atoms. The first-order valence-electron chi connectivity index (χ1n) is 10.9. The van der Waals surface area contributed by atoms with E-state index in [4.69, 9.17) is 0 Å². The number of benzene rings is 2. The van der Waals surface area contributed by atoms with Gasteiger partial charge < -0.3 is 16.0 Å². The molecule has 1 fully saturated rings. The second kappa shape index (κ2) is 9.08. The van der Waals surface area contributed by atoms with Crippen molar-refractivity contribution in [1.29, 1.82) is 0 Å². The Morgan fingerprint density at radius 1 is 0.909 bits per heavy atom. The number of fused-ring (bicyclic) bond motifs is 1. The van der Waals surface area contributed by atoms with Crippen molar-refractivity contribution in [3.8, 4) is 0 Å². The SMILES string of the molecule is O=C(Nc1cccc(CNc2cc(C(=O)NC3CC3)c3ccccc3n2)c1)c1ccncc1. The van der Waals surface area contributed by atoms with Crippen molar-refractivity contribution in [2.75, 3.05) is 10.6 Å². The van der Waals surface area contributed by atoms with Gasteiger partial charge in [0.1, 0.15) is 5.82 Å². The van der Waals surface area contributed by atoms with Crippen LogP contribution in [0.1, 0.15) is 39.1 Å². The molecule has 1 saturated carbocycles. The van der Waals surface area contributed by atoms with Crippen molar-refractivity contribution >= 4 is 34.2 Å². The highest BCUT2D eigenvalue weighted by molar-refractivity contribution is 6.07. The molecule has 0 unspecified atom stereocenters. The van der Waals surface area contributed by atoms with Crippen LogP contribution in [0.5, 0.6) is 0 Å². The molecule has 5 rings (SSSR count). The van der Waals surface area contributed by atoms with Crippen molar-refractivity contribution in [3.63, 3.8) is 0 Å². The van der Waals surface area contributed by atoms with Gasteiger partial charge in [0.25, 0.3) is 11.8 Å². The predicted octanol–water partition coefficient (Wildman–Crippen LogP) is 4.39. The minimum Gasteiger partial charge on any atom is -0.366 e. The molecule has 7 heteroatoms. The van der Waals surface area contributed by atoms with Crippen LogP contribution < -0.4 is 16.0 Å². The van der Waals surface area contributed by atoms with E-state index >= 15 is 0 Å². The molecular formula is C26H23N5O2. The third-order valence-electron chi connectivity index (χ3n) is 5.47. The number of amides is 2. The Balaban J connectivity index is 1.32. The molecule has 0 aliphatic heterocycles. The second-order valence-corrected chi connectivity index (χ2v) is 8.06. The molecule has 0 atom stereocenters. The van der Waals surface area contributed by atoms with Gasteiger partial charge in [-0.3, -0.25) is 14.6 Å². The first-order chi connectivity index (χ1) is 16.2. The summed E-state index contributed by atoms with van der Waals surface area (Å²) in [6.07, 6.45) is 5.25. The van der Waals surface area contributed by atoms with Crippen molar-refractivity contribution < 1.29 is 9.59 Å². The van der Waals surface area contributed by atoms with E-state index in [9.17, 15) is 9.59 Å². The monoisotopic (exact) mass is 437 g/mol. The lowest BCUT2D eigenvalue weighted by molar-refractivity contribution is 0.0951. The van der Waals surface area contributed by atoms with E-state index in [1.54, 1.807) is 30.6 Å². The van der Waals surface area contributed by atoms with Crippen LogP contribution in [0, 0.1) is 0 Å². The fourth-order valence-electron chi connectivity index (χ4n) is 3.60. The van der Waals surface area contributed by atoms with E-state index in [0.29, 0.717) is 29.2 Å². The maximum atomic E-state index is 12.8. The van der Waals surface area contributed by atoms with Gasteiger partial charge in [0.2, 0.25) is 0 Å². The van der Waals surface area contributed by atoms with Crippen LogP contribution in [0.25, 0.3) is 10.9 Å². The second-order valence-electron chi connectivity index (χ2n) is 8.06. The molecular weight excluding hydrogens is 414 g/mol. The Morgan fingerprint density at radius 2 is 1.73 bits per heavy atom. The lowest BCUT2D eigenvalue weighted by atomic mass is 10.1. The van der Waals surface area contributed by atoms with E-state index in [1.807, 2.05) is 48.5 Å². The summed E-state index contributed by atoms with van der Waals surface area (Å²) >= 11 is 0. The van der Waals surface area contributed by atoms with Gasteiger partial charge in [0.15, 0.2) is 0 Å². The summed E-state index contributed by atoms with van der Waals surface area (Å²) in [5.74, 6) is 0.367. The summed E-state index contributed by atoms with van der Waals surface area (Å²) in [6, 6.07) is 20.7. The van der Waals surface area contributed by atoms with Gasteiger partial charge in [0.05, 0.1) is 11.1 Å². The summed E-state index contributed by atoms with van der Waals surface area (Å²) in [5.41, 5.74) is 3.61. The fraction of sp³-hybridized carbons (Fsp3) is 0.154. The molecule has 3 N–H and O–H groups in total. The van der Waals surface area contributed by atoms with Gasteiger partial charge in [-0.15, -0.1) is 0 Å². The molecule has 1 aliphatic carbocycles. The number of nitrogens with zero attached hydrogens (tertiary/aromatic N) is 2. The molecule has 2 amide bonds. The molecule has 164 valence electrons. The highest BCUT2D eigenvalue weighted by Crippen LogP contribution is 2.24. The van der Waals surface area contributed by atoms with Crippen LogP contribution in [-0.2, 0) is 6.54 Å². The quantitative estimate of drug-likeness (QED) is 0.399. The fourth-order valence-corrected chi connectivity index (χ4v) is 3.60. The van der Waals surface area contributed by atoms with Crippen molar-refractivity contribution in [2.24, 2.45) is 0 Å².